The van der Waals surface area contributed by atoms with Gasteiger partial charge in [-0.15, -0.1) is 11.4 Å². The summed E-state index contributed by atoms with van der Waals surface area (Å²) in [6.45, 7) is 1.61. The normalized spacial score (nSPS) is 15.3. The summed E-state index contributed by atoms with van der Waals surface area (Å²) in [6, 6.07) is 4.95. The SMILES string of the molecule is CCSP(=S)(SCC(F)(F)C(F)(F)C(F)(F)F)Sc1ccc(C#N)c(F)c1. The number of hydrogen-bond acceptors (Lipinski definition) is 5. The minimum Gasteiger partial charge on any atom is -0.206 e. The number of rotatable bonds is 8. The van der Waals surface area contributed by atoms with E-state index in [1.165, 1.54) is 6.07 Å². The van der Waals surface area contributed by atoms with Gasteiger partial charge in [0.15, 0.2) is 0 Å². The maximum Gasteiger partial charge on any atom is 0.459 e. The molecule has 0 bridgehead atoms. The third-order valence-electron chi connectivity index (χ3n) is 2.78. The molecule has 0 radical (unpaired) electrons. The van der Waals surface area contributed by atoms with Crippen molar-refractivity contribution in [2.75, 3.05) is 11.5 Å². The highest BCUT2D eigenvalue weighted by Gasteiger charge is 2.72. The molecule has 27 heavy (non-hydrogen) atoms. The summed E-state index contributed by atoms with van der Waals surface area (Å²) in [5.41, 5.74) is -0.264. The molecule has 0 saturated heterocycles. The van der Waals surface area contributed by atoms with Crippen LogP contribution in [0.15, 0.2) is 23.1 Å². The molecule has 1 unspecified atom stereocenters. The monoisotopic (exact) mass is 491 g/mol. The maximum atomic E-state index is 13.7. The molecule has 0 aliphatic heterocycles. The lowest BCUT2D eigenvalue weighted by Crippen LogP contribution is -2.53. The van der Waals surface area contributed by atoms with Gasteiger partial charge in [-0.25, -0.2) is 4.39 Å². The molecule has 152 valence electrons. The van der Waals surface area contributed by atoms with Crippen molar-refractivity contribution in [3.05, 3.63) is 29.6 Å². The molecule has 1 rings (SSSR count). The van der Waals surface area contributed by atoms with E-state index < -0.39 is 33.2 Å². The van der Waals surface area contributed by atoms with Crippen molar-refractivity contribution in [3.63, 3.8) is 0 Å². The van der Waals surface area contributed by atoms with Crippen molar-refractivity contribution in [2.45, 2.75) is 29.8 Å². The van der Waals surface area contributed by atoms with E-state index in [4.69, 9.17) is 17.1 Å². The maximum absolute atomic E-state index is 13.7. The fourth-order valence-electron chi connectivity index (χ4n) is 1.48. The van der Waals surface area contributed by atoms with Crippen LogP contribution in [0.2, 0.25) is 0 Å². The summed E-state index contributed by atoms with van der Waals surface area (Å²) in [6.07, 6.45) is -6.40. The number of hydrogen-bond donors (Lipinski definition) is 0. The molecule has 1 nitrogen and oxygen atoms in total. The van der Waals surface area contributed by atoms with Crippen LogP contribution in [0.1, 0.15) is 12.5 Å². The molecule has 0 spiro atoms. The number of nitriles is 1. The van der Waals surface area contributed by atoms with Crippen LogP contribution < -0.4 is 0 Å². The average molecular weight is 491 g/mol. The zero-order chi connectivity index (χ0) is 21.1. The first-order chi connectivity index (χ1) is 12.2. The molecule has 0 N–H and O–H groups in total. The van der Waals surface area contributed by atoms with Crippen molar-refractivity contribution in [2.24, 2.45) is 0 Å². The summed E-state index contributed by atoms with van der Waals surface area (Å²) in [4.78, 5) is 0.161. The van der Waals surface area contributed by atoms with E-state index in [1.807, 2.05) is 0 Å². The molecule has 0 aromatic heterocycles. The second-order valence-electron chi connectivity index (χ2n) is 4.76. The van der Waals surface area contributed by atoms with E-state index in [-0.39, 0.29) is 27.6 Å². The van der Waals surface area contributed by atoms with Crippen LogP contribution in [-0.4, -0.2) is 29.5 Å². The van der Waals surface area contributed by atoms with Crippen molar-refractivity contribution >= 4 is 49.6 Å². The van der Waals surface area contributed by atoms with Crippen molar-refractivity contribution < 1.29 is 35.1 Å². The van der Waals surface area contributed by atoms with Crippen molar-refractivity contribution in [1.82, 2.24) is 0 Å². The number of benzene rings is 1. The van der Waals surface area contributed by atoms with Gasteiger partial charge < -0.3 is 0 Å². The fraction of sp³-hybridized carbons (Fsp3) is 0.462. The summed E-state index contributed by atoms with van der Waals surface area (Å²) in [7, 11) is 0. The van der Waals surface area contributed by atoms with Crippen LogP contribution in [0.3, 0.4) is 0 Å². The summed E-state index contributed by atoms with van der Waals surface area (Å²) in [5, 5.41) is 8.68. The van der Waals surface area contributed by atoms with Crippen LogP contribution in [0.25, 0.3) is 0 Å². The highest BCUT2D eigenvalue weighted by molar-refractivity contribution is 9.23. The largest absolute Gasteiger partial charge is 0.459 e. The van der Waals surface area contributed by atoms with Gasteiger partial charge in [0.2, 0.25) is 0 Å². The Balaban J connectivity index is 3.03. The molecule has 0 aliphatic carbocycles. The lowest BCUT2D eigenvalue weighted by atomic mass is 10.2. The molecule has 0 heterocycles. The summed E-state index contributed by atoms with van der Waals surface area (Å²) in [5.74, 6) is -14.0. The molecule has 1 aromatic rings. The minimum atomic E-state index is -6.40. The Morgan fingerprint density at radius 3 is 2.15 bits per heavy atom. The van der Waals surface area contributed by atoms with E-state index in [0.717, 1.165) is 34.9 Å². The molecule has 1 aromatic carbocycles. The lowest BCUT2D eigenvalue weighted by molar-refractivity contribution is -0.348. The summed E-state index contributed by atoms with van der Waals surface area (Å²) >= 11 is 7.07. The molecule has 0 aliphatic rings. The molecule has 1 atom stereocenters. The molecule has 0 amide bonds. The van der Waals surface area contributed by atoms with Gasteiger partial charge >= 0.3 is 18.0 Å². The Hall–Kier alpha value is -0.150. The average Bonchev–Trinajstić information content (AvgIpc) is 2.52. The topological polar surface area (TPSA) is 23.8 Å². The molecular weight excluding hydrogens is 481 g/mol. The van der Waals surface area contributed by atoms with E-state index in [9.17, 15) is 35.1 Å². The Labute approximate surface area is 166 Å². The molecular formula is C13H10F8NPS4. The Morgan fingerprint density at radius 1 is 1.11 bits per heavy atom. The zero-order valence-electron chi connectivity index (χ0n) is 13.2. The predicted octanol–water partition coefficient (Wildman–Crippen LogP) is 7.33. The standard InChI is InChI=1S/C13H10F8NPS4/c1-2-25-23(24,27-9-4-3-8(6-22)10(14)5-9)26-7-11(15,16)12(17,18)13(19,20)21/h3-5H,2,7H2,1H3. The van der Waals surface area contributed by atoms with Crippen molar-refractivity contribution in [3.8, 4) is 6.07 Å². The van der Waals surface area contributed by atoms with E-state index in [0.29, 0.717) is 0 Å². The van der Waals surface area contributed by atoms with E-state index >= 15 is 0 Å². The molecule has 0 fully saturated rings. The van der Waals surface area contributed by atoms with Crippen LogP contribution in [0, 0.1) is 17.1 Å². The van der Waals surface area contributed by atoms with Crippen LogP contribution in [0.4, 0.5) is 35.1 Å². The number of nitrogens with zero attached hydrogens (tertiary/aromatic N) is 1. The summed E-state index contributed by atoms with van der Waals surface area (Å²) < 4.78 is 100. The van der Waals surface area contributed by atoms with E-state index in [1.54, 1.807) is 13.0 Å². The van der Waals surface area contributed by atoms with E-state index in [2.05, 4.69) is 0 Å². The second kappa shape index (κ2) is 9.11. The van der Waals surface area contributed by atoms with Gasteiger partial charge in [-0.2, -0.15) is 36.0 Å². The van der Waals surface area contributed by atoms with Gasteiger partial charge in [-0.1, -0.05) is 41.5 Å². The quantitative estimate of drug-likeness (QED) is 0.280. The molecule has 0 saturated carbocycles. The Kier molecular flexibility index (Phi) is 8.40. The second-order valence-corrected chi connectivity index (χ2v) is 20.5. The highest BCUT2D eigenvalue weighted by atomic mass is 33.5. The smallest absolute Gasteiger partial charge is 0.206 e. The first-order valence-electron chi connectivity index (χ1n) is 6.80. The van der Waals surface area contributed by atoms with Crippen LogP contribution in [0.5, 0.6) is 0 Å². The van der Waals surface area contributed by atoms with Crippen LogP contribution in [-0.2, 0) is 11.8 Å². The third-order valence-corrected chi connectivity index (χ3v) is 16.9. The zero-order valence-corrected chi connectivity index (χ0v) is 17.4. The van der Waals surface area contributed by atoms with Crippen molar-refractivity contribution in [1.29, 1.82) is 5.26 Å². The van der Waals surface area contributed by atoms with Gasteiger partial charge in [0.05, 0.1) is 11.3 Å². The highest BCUT2D eigenvalue weighted by Crippen LogP contribution is 2.80. The molecule has 14 heteroatoms. The number of alkyl halides is 7. The van der Waals surface area contributed by atoms with Gasteiger partial charge in [0, 0.05) is 4.90 Å². The lowest BCUT2D eigenvalue weighted by Gasteiger charge is -2.29. The predicted molar refractivity (Wildman–Crippen MR) is 97.8 cm³/mol. The Bertz CT molecular complexity index is 762. The Morgan fingerprint density at radius 2 is 1.70 bits per heavy atom. The first kappa shape index (κ1) is 24.9. The third kappa shape index (κ3) is 6.16. The van der Waals surface area contributed by atoms with Gasteiger partial charge in [0.1, 0.15) is 15.5 Å². The van der Waals surface area contributed by atoms with Gasteiger partial charge in [-0.05, 0) is 24.0 Å². The fourth-order valence-corrected chi connectivity index (χ4v) is 14.8. The first-order valence-corrected chi connectivity index (χ1v) is 14.2. The van der Waals surface area contributed by atoms with Gasteiger partial charge in [-0.3, -0.25) is 0 Å². The van der Waals surface area contributed by atoms with Gasteiger partial charge in [0.25, 0.3) is 0 Å². The minimum absolute atomic E-state index is 0.143. The van der Waals surface area contributed by atoms with Crippen LogP contribution >= 0.6 is 37.8 Å². The number of halogens is 8.